The van der Waals surface area contributed by atoms with Crippen LogP contribution in [-0.4, -0.2) is 9.55 Å². The van der Waals surface area contributed by atoms with E-state index in [1.807, 2.05) is 0 Å². The number of rotatable bonds is 1. The highest BCUT2D eigenvalue weighted by Crippen LogP contribution is 2.41. The van der Waals surface area contributed by atoms with Gasteiger partial charge in [-0.2, -0.15) is 13.2 Å². The summed E-state index contributed by atoms with van der Waals surface area (Å²) in [6, 6.07) is 0.853. The number of nitrogens with zero attached hydrogens (tertiary/aromatic N) is 2. The monoisotopic (exact) mass is 297 g/mol. The molecule has 0 fully saturated rings. The molecule has 0 aliphatic carbocycles. The van der Waals surface area contributed by atoms with Gasteiger partial charge in [-0.15, -0.1) is 0 Å². The summed E-state index contributed by atoms with van der Waals surface area (Å²) in [5.74, 6) is 0. The molecule has 2 aromatic rings. The maximum Gasteiger partial charge on any atom is 0.418 e. The number of imidazole rings is 1. The second-order valence-electron chi connectivity index (χ2n) is 3.64. The van der Waals surface area contributed by atoms with Crippen LogP contribution in [0.15, 0.2) is 6.07 Å². The van der Waals surface area contributed by atoms with E-state index in [2.05, 4.69) is 4.98 Å². The largest absolute Gasteiger partial charge is 0.418 e. The van der Waals surface area contributed by atoms with Gasteiger partial charge in [-0.3, -0.25) is 0 Å². The Hall–Kier alpha value is -1.14. The summed E-state index contributed by atoms with van der Waals surface area (Å²) < 4.78 is 39.7. The van der Waals surface area contributed by atoms with Crippen LogP contribution in [0.3, 0.4) is 0 Å². The Morgan fingerprint density at radius 3 is 2.50 bits per heavy atom. The molecule has 0 amide bonds. The number of hydrogen-bond donors (Lipinski definition) is 1. The predicted molar refractivity (Wildman–Crippen MR) is 64.8 cm³/mol. The van der Waals surface area contributed by atoms with Crippen molar-refractivity contribution in [1.82, 2.24) is 9.55 Å². The molecule has 0 aliphatic rings. The van der Waals surface area contributed by atoms with E-state index in [1.54, 1.807) is 6.92 Å². The third kappa shape index (κ3) is 1.89. The molecule has 98 valence electrons. The Balaban J connectivity index is 2.88. The van der Waals surface area contributed by atoms with E-state index in [9.17, 15) is 13.2 Å². The molecule has 0 bridgehead atoms. The molecule has 2 rings (SSSR count). The fourth-order valence-electron chi connectivity index (χ4n) is 1.77. The second kappa shape index (κ2) is 4.20. The third-order valence-electron chi connectivity index (χ3n) is 2.58. The summed E-state index contributed by atoms with van der Waals surface area (Å²) in [7, 11) is 0. The van der Waals surface area contributed by atoms with Gasteiger partial charge in [0.2, 0.25) is 5.28 Å². The van der Waals surface area contributed by atoms with E-state index < -0.39 is 16.8 Å². The first-order valence-corrected chi connectivity index (χ1v) is 5.73. The van der Waals surface area contributed by atoms with Crippen molar-refractivity contribution in [3.8, 4) is 0 Å². The van der Waals surface area contributed by atoms with Crippen LogP contribution in [0.25, 0.3) is 11.0 Å². The van der Waals surface area contributed by atoms with Gasteiger partial charge in [0, 0.05) is 6.54 Å². The molecule has 0 saturated heterocycles. The molecule has 0 spiro atoms. The highest BCUT2D eigenvalue weighted by Gasteiger charge is 2.35. The smallest absolute Gasteiger partial charge is 0.396 e. The normalized spacial score (nSPS) is 12.3. The third-order valence-corrected chi connectivity index (χ3v) is 3.27. The van der Waals surface area contributed by atoms with E-state index >= 15 is 0 Å². The molecule has 0 unspecified atom stereocenters. The van der Waals surface area contributed by atoms with Crippen molar-refractivity contribution < 1.29 is 13.2 Å². The number of hydrogen-bond acceptors (Lipinski definition) is 2. The molecule has 18 heavy (non-hydrogen) atoms. The molecular weight excluding hydrogens is 290 g/mol. The Morgan fingerprint density at radius 2 is 2.00 bits per heavy atom. The molecule has 0 aliphatic heterocycles. The van der Waals surface area contributed by atoms with Gasteiger partial charge in [0.05, 0.1) is 27.3 Å². The maximum absolute atomic E-state index is 12.7. The van der Waals surface area contributed by atoms with Crippen molar-refractivity contribution in [1.29, 1.82) is 0 Å². The zero-order valence-electron chi connectivity index (χ0n) is 9.15. The van der Waals surface area contributed by atoms with Crippen molar-refractivity contribution in [3.05, 3.63) is 21.9 Å². The number of benzene rings is 1. The Bertz CT molecular complexity index is 619. The molecule has 8 heteroatoms. The molecule has 1 aromatic carbocycles. The molecule has 0 saturated carbocycles. The number of aromatic nitrogens is 2. The Labute approximate surface area is 110 Å². The summed E-state index contributed by atoms with van der Waals surface area (Å²) in [5, 5.41) is -0.448. The number of nitrogen functional groups attached to an aromatic ring is 1. The summed E-state index contributed by atoms with van der Waals surface area (Å²) in [6.45, 7) is 2.21. The van der Waals surface area contributed by atoms with Crippen molar-refractivity contribution in [2.75, 3.05) is 5.73 Å². The standard InChI is InChI=1S/C10H8Cl2F3N3/c1-2-18-8-5(17-9(18)12)3-4(10(13,14)15)6(11)7(8)16/h3H,2,16H2,1H3. The average Bonchev–Trinajstić information content (AvgIpc) is 2.58. The van der Waals surface area contributed by atoms with Gasteiger partial charge in [0.1, 0.15) is 0 Å². The molecule has 1 aromatic heterocycles. The quantitative estimate of drug-likeness (QED) is 0.810. The first-order valence-electron chi connectivity index (χ1n) is 4.98. The van der Waals surface area contributed by atoms with Crippen LogP contribution in [0.4, 0.5) is 18.9 Å². The van der Waals surface area contributed by atoms with Crippen LogP contribution in [-0.2, 0) is 12.7 Å². The van der Waals surface area contributed by atoms with Crippen LogP contribution in [0.5, 0.6) is 0 Å². The van der Waals surface area contributed by atoms with Crippen LogP contribution in [0.2, 0.25) is 10.3 Å². The van der Waals surface area contributed by atoms with Crippen LogP contribution < -0.4 is 5.73 Å². The molecule has 3 nitrogen and oxygen atoms in total. The minimum Gasteiger partial charge on any atom is -0.396 e. The van der Waals surface area contributed by atoms with Gasteiger partial charge in [-0.1, -0.05) is 11.6 Å². The predicted octanol–water partition coefficient (Wildman–Crippen LogP) is 3.96. The summed E-state index contributed by atoms with van der Waals surface area (Å²) in [5.41, 5.74) is 4.88. The van der Waals surface area contributed by atoms with E-state index in [-0.39, 0.29) is 16.5 Å². The van der Waals surface area contributed by atoms with Crippen molar-refractivity contribution in [3.63, 3.8) is 0 Å². The minimum atomic E-state index is -4.58. The van der Waals surface area contributed by atoms with E-state index in [4.69, 9.17) is 28.9 Å². The zero-order chi connectivity index (χ0) is 13.7. The number of aryl methyl sites for hydroxylation is 1. The van der Waals surface area contributed by atoms with Crippen molar-refractivity contribution in [2.45, 2.75) is 19.6 Å². The summed E-state index contributed by atoms with van der Waals surface area (Å²) >= 11 is 11.5. The number of fused-ring (bicyclic) bond motifs is 1. The van der Waals surface area contributed by atoms with Crippen molar-refractivity contribution >= 4 is 39.9 Å². The highest BCUT2D eigenvalue weighted by molar-refractivity contribution is 6.36. The van der Waals surface area contributed by atoms with E-state index in [0.29, 0.717) is 12.1 Å². The zero-order valence-corrected chi connectivity index (χ0v) is 10.7. The van der Waals surface area contributed by atoms with Gasteiger partial charge in [0.15, 0.2) is 0 Å². The average molecular weight is 298 g/mol. The first kappa shape index (κ1) is 13.3. The summed E-state index contributed by atoms with van der Waals surface area (Å²) in [4.78, 5) is 3.85. The lowest BCUT2D eigenvalue weighted by Gasteiger charge is -2.12. The SMILES string of the molecule is CCn1c(Cl)nc2cc(C(F)(F)F)c(Cl)c(N)c21. The van der Waals surface area contributed by atoms with Crippen LogP contribution in [0, 0.1) is 0 Å². The number of halogens is 5. The van der Waals surface area contributed by atoms with Crippen LogP contribution >= 0.6 is 23.2 Å². The maximum atomic E-state index is 12.7. The van der Waals surface area contributed by atoms with Gasteiger partial charge in [-0.25, -0.2) is 4.98 Å². The lowest BCUT2D eigenvalue weighted by molar-refractivity contribution is -0.137. The number of alkyl halides is 3. The molecule has 0 radical (unpaired) electrons. The van der Waals surface area contributed by atoms with Gasteiger partial charge >= 0.3 is 6.18 Å². The van der Waals surface area contributed by atoms with Crippen molar-refractivity contribution in [2.24, 2.45) is 0 Å². The second-order valence-corrected chi connectivity index (χ2v) is 4.36. The lowest BCUT2D eigenvalue weighted by Crippen LogP contribution is -2.08. The first-order chi connectivity index (χ1) is 8.27. The molecule has 0 atom stereocenters. The molecule has 1 heterocycles. The Kier molecular flexibility index (Phi) is 3.11. The topological polar surface area (TPSA) is 43.8 Å². The van der Waals surface area contributed by atoms with E-state index in [1.165, 1.54) is 4.57 Å². The summed E-state index contributed by atoms with van der Waals surface area (Å²) in [6.07, 6.45) is -4.58. The number of anilines is 1. The molecular formula is C10H8Cl2F3N3. The Morgan fingerprint density at radius 1 is 1.39 bits per heavy atom. The van der Waals surface area contributed by atoms with Gasteiger partial charge in [0.25, 0.3) is 0 Å². The fraction of sp³-hybridized carbons (Fsp3) is 0.300. The molecule has 2 N–H and O–H groups in total. The fourth-order valence-corrected chi connectivity index (χ4v) is 2.32. The minimum absolute atomic E-state index is 0.0783. The van der Waals surface area contributed by atoms with E-state index in [0.717, 1.165) is 6.07 Å². The highest BCUT2D eigenvalue weighted by atomic mass is 35.5. The number of nitrogens with two attached hydrogens (primary N) is 1. The van der Waals surface area contributed by atoms with Crippen LogP contribution in [0.1, 0.15) is 12.5 Å². The lowest BCUT2D eigenvalue weighted by atomic mass is 10.1. The van der Waals surface area contributed by atoms with Gasteiger partial charge < -0.3 is 10.3 Å². The van der Waals surface area contributed by atoms with Gasteiger partial charge in [-0.05, 0) is 24.6 Å².